The highest BCUT2D eigenvalue weighted by atomic mass is 16.5. The van der Waals surface area contributed by atoms with Crippen LogP contribution in [0.3, 0.4) is 0 Å². The van der Waals surface area contributed by atoms with E-state index in [1.807, 2.05) is 24.3 Å². The van der Waals surface area contributed by atoms with Crippen LogP contribution in [0.5, 0.6) is 0 Å². The molecule has 1 heterocycles. The predicted molar refractivity (Wildman–Crippen MR) is 72.9 cm³/mol. The molecule has 4 heteroatoms. The Morgan fingerprint density at radius 1 is 1.37 bits per heavy atom. The number of carbonyl (C=O) groups excluding carboxylic acids is 1. The smallest absolute Gasteiger partial charge is 0.339 e. The first-order valence-corrected chi connectivity index (χ1v) is 6.87. The Kier molecular flexibility index (Phi) is 4.93. The molecule has 2 N–H and O–H groups in total. The molecule has 0 aromatic heterocycles. The fraction of sp³-hybridized carbons (Fsp3) is 0.533. The molecular formula is C15H21NO3. The highest BCUT2D eigenvalue weighted by molar-refractivity contribution is 5.76. The molecule has 1 fully saturated rings. The van der Waals surface area contributed by atoms with E-state index in [4.69, 9.17) is 4.74 Å². The normalized spacial score (nSPS) is 18.0. The van der Waals surface area contributed by atoms with Gasteiger partial charge in [0.2, 0.25) is 0 Å². The Morgan fingerprint density at radius 3 is 2.58 bits per heavy atom. The minimum Gasteiger partial charge on any atom is -0.464 e. The topological polar surface area (TPSA) is 58.6 Å². The predicted octanol–water partition coefficient (Wildman–Crippen LogP) is 1.75. The molecule has 1 unspecified atom stereocenters. The van der Waals surface area contributed by atoms with E-state index >= 15 is 0 Å². The zero-order valence-electron chi connectivity index (χ0n) is 11.3. The van der Waals surface area contributed by atoms with Crippen molar-refractivity contribution in [2.45, 2.75) is 31.8 Å². The molecule has 0 bridgehead atoms. The van der Waals surface area contributed by atoms with Gasteiger partial charge >= 0.3 is 5.97 Å². The van der Waals surface area contributed by atoms with E-state index in [9.17, 15) is 9.90 Å². The molecule has 1 aromatic rings. The number of ether oxygens (including phenoxy) is 1. The molecule has 1 saturated heterocycles. The number of rotatable bonds is 4. The third-order valence-corrected chi connectivity index (χ3v) is 3.57. The maximum atomic E-state index is 11.4. The van der Waals surface area contributed by atoms with Gasteiger partial charge in [-0.3, -0.25) is 0 Å². The zero-order chi connectivity index (χ0) is 13.7. The molecule has 1 aromatic carbocycles. The number of benzene rings is 1. The van der Waals surface area contributed by atoms with Gasteiger partial charge in [0.25, 0.3) is 0 Å². The van der Waals surface area contributed by atoms with Crippen LogP contribution in [0.1, 0.15) is 42.9 Å². The molecule has 104 valence electrons. The van der Waals surface area contributed by atoms with Crippen molar-refractivity contribution in [1.29, 1.82) is 0 Å². The molecule has 4 nitrogen and oxygen atoms in total. The van der Waals surface area contributed by atoms with Gasteiger partial charge in [-0.25, -0.2) is 4.79 Å². The lowest BCUT2D eigenvalue weighted by molar-refractivity contribution is -0.153. The largest absolute Gasteiger partial charge is 0.464 e. The van der Waals surface area contributed by atoms with Crippen LogP contribution < -0.4 is 5.32 Å². The van der Waals surface area contributed by atoms with Gasteiger partial charge in [0.1, 0.15) is 0 Å². The van der Waals surface area contributed by atoms with Gasteiger partial charge in [0.15, 0.2) is 6.10 Å². The standard InChI is InChI=1S/C15H21NO3/c1-2-19-15(18)14(17)13-5-3-11(4-6-13)12-7-9-16-10-8-12/h3-6,12,14,16-17H,2,7-10H2,1H3. The number of aliphatic hydroxyl groups is 1. The van der Waals surface area contributed by atoms with Gasteiger partial charge in [-0.05, 0) is 49.9 Å². The summed E-state index contributed by atoms with van der Waals surface area (Å²) in [6, 6.07) is 7.65. The molecule has 0 amide bonds. The second-order valence-corrected chi connectivity index (χ2v) is 4.85. The molecule has 0 saturated carbocycles. The lowest BCUT2D eigenvalue weighted by Crippen LogP contribution is -2.26. The summed E-state index contributed by atoms with van der Waals surface area (Å²) in [6.45, 7) is 4.11. The van der Waals surface area contributed by atoms with Crippen molar-refractivity contribution < 1.29 is 14.6 Å². The van der Waals surface area contributed by atoms with Crippen molar-refractivity contribution in [1.82, 2.24) is 5.32 Å². The molecule has 0 radical (unpaired) electrons. The molecular weight excluding hydrogens is 242 g/mol. The van der Waals surface area contributed by atoms with Crippen LogP contribution >= 0.6 is 0 Å². The van der Waals surface area contributed by atoms with E-state index in [0.717, 1.165) is 25.9 Å². The summed E-state index contributed by atoms with van der Waals surface area (Å²) in [6.07, 6.45) is 1.10. The van der Waals surface area contributed by atoms with Crippen LogP contribution in [0.4, 0.5) is 0 Å². The number of hydrogen-bond donors (Lipinski definition) is 2. The zero-order valence-corrected chi connectivity index (χ0v) is 11.3. The van der Waals surface area contributed by atoms with Crippen molar-refractivity contribution in [3.05, 3.63) is 35.4 Å². The second kappa shape index (κ2) is 6.68. The van der Waals surface area contributed by atoms with Gasteiger partial charge in [0, 0.05) is 0 Å². The summed E-state index contributed by atoms with van der Waals surface area (Å²) in [4.78, 5) is 11.4. The Balaban J connectivity index is 2.03. The third-order valence-electron chi connectivity index (χ3n) is 3.57. The van der Waals surface area contributed by atoms with E-state index in [1.54, 1.807) is 6.92 Å². The second-order valence-electron chi connectivity index (χ2n) is 4.85. The number of aliphatic hydroxyl groups excluding tert-OH is 1. The number of esters is 1. The van der Waals surface area contributed by atoms with Gasteiger partial charge < -0.3 is 15.2 Å². The van der Waals surface area contributed by atoms with Crippen LogP contribution in [-0.2, 0) is 9.53 Å². The van der Waals surface area contributed by atoms with E-state index in [2.05, 4.69) is 5.32 Å². The highest BCUT2D eigenvalue weighted by Gasteiger charge is 2.20. The summed E-state index contributed by atoms with van der Waals surface area (Å²) < 4.78 is 4.81. The first-order valence-electron chi connectivity index (χ1n) is 6.87. The number of carbonyl (C=O) groups is 1. The van der Waals surface area contributed by atoms with E-state index in [0.29, 0.717) is 11.5 Å². The summed E-state index contributed by atoms with van der Waals surface area (Å²) in [7, 11) is 0. The Morgan fingerprint density at radius 2 is 2.00 bits per heavy atom. The molecule has 0 aliphatic carbocycles. The Labute approximate surface area is 113 Å². The summed E-state index contributed by atoms with van der Waals surface area (Å²) in [5.41, 5.74) is 1.87. The fourth-order valence-electron chi connectivity index (χ4n) is 2.46. The fourth-order valence-corrected chi connectivity index (χ4v) is 2.46. The first-order chi connectivity index (χ1) is 9.22. The monoisotopic (exact) mass is 263 g/mol. The molecule has 1 aliphatic heterocycles. The number of nitrogens with one attached hydrogen (secondary N) is 1. The van der Waals surface area contributed by atoms with Crippen molar-refractivity contribution in [3.63, 3.8) is 0 Å². The summed E-state index contributed by atoms with van der Waals surface area (Å²) in [5.74, 6) is -0.00727. The van der Waals surface area contributed by atoms with Crippen molar-refractivity contribution in [2.75, 3.05) is 19.7 Å². The van der Waals surface area contributed by atoms with Crippen LogP contribution in [0, 0.1) is 0 Å². The minimum absolute atomic E-state index is 0.281. The van der Waals surface area contributed by atoms with E-state index in [1.165, 1.54) is 5.56 Å². The Bertz CT molecular complexity index is 410. The van der Waals surface area contributed by atoms with Gasteiger partial charge in [-0.2, -0.15) is 0 Å². The van der Waals surface area contributed by atoms with Gasteiger partial charge in [-0.1, -0.05) is 24.3 Å². The van der Waals surface area contributed by atoms with Crippen molar-refractivity contribution in [2.24, 2.45) is 0 Å². The lowest BCUT2D eigenvalue weighted by Gasteiger charge is -2.23. The molecule has 0 spiro atoms. The summed E-state index contributed by atoms with van der Waals surface area (Å²) in [5, 5.41) is 13.2. The van der Waals surface area contributed by atoms with Crippen LogP contribution in [0.15, 0.2) is 24.3 Å². The van der Waals surface area contributed by atoms with Crippen molar-refractivity contribution in [3.8, 4) is 0 Å². The average Bonchev–Trinajstić information content (AvgIpc) is 2.48. The molecule has 2 rings (SSSR count). The van der Waals surface area contributed by atoms with Gasteiger partial charge in [-0.15, -0.1) is 0 Å². The quantitative estimate of drug-likeness (QED) is 0.813. The Hall–Kier alpha value is -1.39. The maximum absolute atomic E-state index is 11.4. The first kappa shape index (κ1) is 14.0. The van der Waals surface area contributed by atoms with E-state index in [-0.39, 0.29) is 6.61 Å². The molecule has 1 aliphatic rings. The SMILES string of the molecule is CCOC(=O)C(O)c1ccc(C2CCNCC2)cc1. The third kappa shape index (κ3) is 3.55. The lowest BCUT2D eigenvalue weighted by atomic mass is 9.89. The average molecular weight is 263 g/mol. The molecule has 1 atom stereocenters. The van der Waals surface area contributed by atoms with Crippen LogP contribution in [-0.4, -0.2) is 30.8 Å². The highest BCUT2D eigenvalue weighted by Crippen LogP contribution is 2.26. The number of hydrogen-bond acceptors (Lipinski definition) is 4. The minimum atomic E-state index is -1.18. The number of piperidine rings is 1. The van der Waals surface area contributed by atoms with Gasteiger partial charge in [0.05, 0.1) is 6.61 Å². The summed E-state index contributed by atoms with van der Waals surface area (Å²) >= 11 is 0. The molecule has 19 heavy (non-hydrogen) atoms. The van der Waals surface area contributed by atoms with Crippen LogP contribution in [0.2, 0.25) is 0 Å². The maximum Gasteiger partial charge on any atom is 0.339 e. The van der Waals surface area contributed by atoms with Crippen LogP contribution in [0.25, 0.3) is 0 Å². The van der Waals surface area contributed by atoms with E-state index < -0.39 is 12.1 Å². The van der Waals surface area contributed by atoms with Crippen molar-refractivity contribution >= 4 is 5.97 Å².